The summed E-state index contributed by atoms with van der Waals surface area (Å²) in [5.41, 5.74) is 1.00. The van der Waals surface area contributed by atoms with E-state index in [-0.39, 0.29) is 17.6 Å². The highest BCUT2D eigenvalue weighted by atomic mass is 32.2. The number of hydrogen-bond donors (Lipinski definition) is 1. The van der Waals surface area contributed by atoms with Gasteiger partial charge in [0, 0.05) is 18.7 Å². The summed E-state index contributed by atoms with van der Waals surface area (Å²) in [6, 6.07) is 4.61. The average Bonchev–Trinajstić information content (AvgIpc) is 2.79. The van der Waals surface area contributed by atoms with Gasteiger partial charge in [0.05, 0.1) is 5.75 Å². The molecule has 1 aliphatic heterocycles. The van der Waals surface area contributed by atoms with Gasteiger partial charge in [0.15, 0.2) is 0 Å². The Morgan fingerprint density at radius 2 is 2.23 bits per heavy atom. The third kappa shape index (κ3) is 4.51. The lowest BCUT2D eigenvalue weighted by Gasteiger charge is -2.14. The van der Waals surface area contributed by atoms with Crippen LogP contribution in [-0.2, 0) is 9.59 Å². The van der Waals surface area contributed by atoms with Gasteiger partial charge in [-0.05, 0) is 37.5 Å². The summed E-state index contributed by atoms with van der Waals surface area (Å²) in [5.74, 6) is -0.0444. The van der Waals surface area contributed by atoms with Gasteiger partial charge < -0.3 is 5.32 Å². The molecule has 1 saturated heterocycles. The lowest BCUT2D eigenvalue weighted by molar-refractivity contribution is -0.124. The normalized spacial score (nSPS) is 14.5. The molecule has 0 saturated carbocycles. The number of halogens is 1. The van der Waals surface area contributed by atoms with Crippen molar-refractivity contribution in [1.29, 1.82) is 0 Å². The lowest BCUT2D eigenvalue weighted by atomic mass is 10.2. The van der Waals surface area contributed by atoms with E-state index in [0.29, 0.717) is 47.1 Å². The predicted octanol–water partition coefficient (Wildman–Crippen LogP) is 3.10. The van der Waals surface area contributed by atoms with Crippen LogP contribution >= 0.6 is 24.0 Å². The molecule has 4 nitrogen and oxygen atoms in total. The molecule has 0 radical (unpaired) electrons. The number of aryl methyl sites for hydroxylation is 1. The maximum atomic E-state index is 13.4. The van der Waals surface area contributed by atoms with Crippen LogP contribution in [0.25, 0.3) is 0 Å². The number of benzene rings is 1. The van der Waals surface area contributed by atoms with Crippen molar-refractivity contribution >= 4 is 45.8 Å². The van der Waals surface area contributed by atoms with Crippen LogP contribution in [0, 0.1) is 12.7 Å². The molecule has 0 atom stereocenters. The Balaban J connectivity index is 1.70. The van der Waals surface area contributed by atoms with E-state index in [9.17, 15) is 14.0 Å². The van der Waals surface area contributed by atoms with E-state index in [1.165, 1.54) is 17.8 Å². The average molecular weight is 340 g/mol. The Kier molecular flexibility index (Phi) is 5.90. The van der Waals surface area contributed by atoms with Crippen LogP contribution < -0.4 is 5.32 Å². The first kappa shape index (κ1) is 16.9. The van der Waals surface area contributed by atoms with Crippen molar-refractivity contribution in [3.05, 3.63) is 29.6 Å². The molecule has 1 N–H and O–H groups in total. The quantitative estimate of drug-likeness (QED) is 0.639. The molecule has 1 aromatic carbocycles. The lowest BCUT2D eigenvalue weighted by Crippen LogP contribution is -2.29. The Morgan fingerprint density at radius 3 is 2.86 bits per heavy atom. The zero-order valence-corrected chi connectivity index (χ0v) is 13.9. The topological polar surface area (TPSA) is 49.4 Å². The molecule has 22 heavy (non-hydrogen) atoms. The van der Waals surface area contributed by atoms with Gasteiger partial charge in [-0.2, -0.15) is 0 Å². The van der Waals surface area contributed by atoms with Gasteiger partial charge in [-0.15, -0.1) is 0 Å². The minimum absolute atomic E-state index is 0.0367. The van der Waals surface area contributed by atoms with E-state index in [4.69, 9.17) is 12.2 Å². The monoisotopic (exact) mass is 340 g/mol. The van der Waals surface area contributed by atoms with Gasteiger partial charge in [0.2, 0.25) is 11.8 Å². The van der Waals surface area contributed by atoms with Crippen molar-refractivity contribution in [2.75, 3.05) is 17.6 Å². The van der Waals surface area contributed by atoms with Crippen molar-refractivity contribution in [2.45, 2.75) is 26.2 Å². The van der Waals surface area contributed by atoms with Gasteiger partial charge in [0.25, 0.3) is 0 Å². The smallest absolute Gasteiger partial charge is 0.238 e. The predicted molar refractivity (Wildman–Crippen MR) is 90.4 cm³/mol. The van der Waals surface area contributed by atoms with Crippen LogP contribution in [-0.4, -0.2) is 33.3 Å². The van der Waals surface area contributed by atoms with Crippen LogP contribution in [0.3, 0.4) is 0 Å². The molecule has 118 valence electrons. The third-order valence-corrected chi connectivity index (χ3v) is 4.76. The van der Waals surface area contributed by atoms with Gasteiger partial charge in [-0.1, -0.05) is 30.0 Å². The van der Waals surface area contributed by atoms with Crippen LogP contribution in [0.15, 0.2) is 18.2 Å². The molecule has 0 aromatic heterocycles. The molecular weight excluding hydrogens is 323 g/mol. The molecule has 1 aliphatic rings. The van der Waals surface area contributed by atoms with Crippen LogP contribution in [0.2, 0.25) is 0 Å². The van der Waals surface area contributed by atoms with Gasteiger partial charge in [0.1, 0.15) is 10.1 Å². The first-order chi connectivity index (χ1) is 10.5. The van der Waals surface area contributed by atoms with Crippen LogP contribution in [0.1, 0.15) is 24.8 Å². The summed E-state index contributed by atoms with van der Waals surface area (Å²) in [4.78, 5) is 24.9. The number of nitrogens with one attached hydrogen (secondary N) is 1. The minimum atomic E-state index is -0.337. The summed E-state index contributed by atoms with van der Waals surface area (Å²) in [5, 5.41) is 2.67. The zero-order valence-electron chi connectivity index (χ0n) is 12.2. The van der Waals surface area contributed by atoms with E-state index in [1.807, 2.05) is 0 Å². The van der Waals surface area contributed by atoms with E-state index in [1.54, 1.807) is 24.0 Å². The summed E-state index contributed by atoms with van der Waals surface area (Å²) in [6.07, 6.45) is 1.69. The number of amides is 2. The number of hydrogen-bond acceptors (Lipinski definition) is 4. The number of nitrogens with zero attached hydrogens (tertiary/aromatic N) is 1. The molecule has 0 bridgehead atoms. The molecule has 1 fully saturated rings. The zero-order chi connectivity index (χ0) is 16.1. The SMILES string of the molecule is Cc1ccc(NC(=O)CCCCN2C(=O)CSC2=S)cc1F. The largest absolute Gasteiger partial charge is 0.326 e. The van der Waals surface area contributed by atoms with Crippen molar-refractivity contribution in [2.24, 2.45) is 0 Å². The Labute approximate surface area is 138 Å². The van der Waals surface area contributed by atoms with E-state index in [0.717, 1.165) is 0 Å². The second-order valence-electron chi connectivity index (χ2n) is 5.07. The number of thioether (sulfide) groups is 1. The first-order valence-corrected chi connectivity index (χ1v) is 8.40. The van der Waals surface area contributed by atoms with Crippen molar-refractivity contribution in [3.8, 4) is 0 Å². The summed E-state index contributed by atoms with van der Waals surface area (Å²) in [7, 11) is 0. The van der Waals surface area contributed by atoms with Crippen molar-refractivity contribution in [3.63, 3.8) is 0 Å². The molecule has 7 heteroatoms. The van der Waals surface area contributed by atoms with Crippen LogP contribution in [0.4, 0.5) is 10.1 Å². The molecule has 2 rings (SSSR count). The summed E-state index contributed by atoms with van der Waals surface area (Å²) < 4.78 is 14.0. The van der Waals surface area contributed by atoms with E-state index in [2.05, 4.69) is 5.32 Å². The first-order valence-electron chi connectivity index (χ1n) is 7.00. The second-order valence-corrected chi connectivity index (χ2v) is 6.68. The fraction of sp³-hybridized carbons (Fsp3) is 0.400. The molecule has 0 spiro atoms. The fourth-order valence-corrected chi connectivity index (χ4v) is 3.17. The fourth-order valence-electron chi connectivity index (χ4n) is 2.05. The third-order valence-electron chi connectivity index (χ3n) is 3.33. The maximum absolute atomic E-state index is 13.4. The van der Waals surface area contributed by atoms with E-state index < -0.39 is 0 Å². The van der Waals surface area contributed by atoms with Crippen LogP contribution in [0.5, 0.6) is 0 Å². The highest BCUT2D eigenvalue weighted by Gasteiger charge is 2.25. The molecular formula is C15H17FN2O2S2. The van der Waals surface area contributed by atoms with Gasteiger partial charge in [-0.25, -0.2) is 4.39 Å². The number of anilines is 1. The standard InChI is InChI=1S/C15H17FN2O2S2/c1-10-5-6-11(8-12(10)16)17-13(19)4-2-3-7-18-14(20)9-22-15(18)21/h5-6,8H,2-4,7,9H2,1H3,(H,17,19). The molecule has 2 amide bonds. The highest BCUT2D eigenvalue weighted by molar-refractivity contribution is 8.23. The number of rotatable bonds is 6. The molecule has 0 unspecified atom stereocenters. The summed E-state index contributed by atoms with van der Waals surface area (Å²) in [6.45, 7) is 2.22. The highest BCUT2D eigenvalue weighted by Crippen LogP contribution is 2.20. The van der Waals surface area contributed by atoms with Crippen molar-refractivity contribution < 1.29 is 14.0 Å². The number of thiocarbonyl (C=S) groups is 1. The minimum Gasteiger partial charge on any atom is -0.326 e. The number of unbranched alkanes of at least 4 members (excludes halogenated alkanes) is 1. The molecule has 1 aromatic rings. The number of carbonyl (C=O) groups excluding carboxylic acids is 2. The number of carbonyl (C=O) groups is 2. The second kappa shape index (κ2) is 7.69. The van der Waals surface area contributed by atoms with Gasteiger partial charge in [-0.3, -0.25) is 14.5 Å². The maximum Gasteiger partial charge on any atom is 0.238 e. The Morgan fingerprint density at radius 1 is 1.45 bits per heavy atom. The Bertz CT molecular complexity index is 591. The van der Waals surface area contributed by atoms with Crippen molar-refractivity contribution in [1.82, 2.24) is 4.90 Å². The Hall–Kier alpha value is -1.47. The molecule has 1 heterocycles. The molecule has 0 aliphatic carbocycles. The summed E-state index contributed by atoms with van der Waals surface area (Å²) >= 11 is 6.46. The van der Waals surface area contributed by atoms with Gasteiger partial charge >= 0.3 is 0 Å². The van der Waals surface area contributed by atoms with E-state index >= 15 is 0 Å².